The molecule has 3 heteroatoms. The molecule has 2 N–H and O–H groups in total. The highest BCUT2D eigenvalue weighted by Crippen LogP contribution is 2.26. The van der Waals surface area contributed by atoms with Crippen LogP contribution in [-0.4, -0.2) is 19.0 Å². The average molecular weight is 385 g/mol. The molecule has 0 saturated heterocycles. The molecule has 1 atom stereocenters. The summed E-state index contributed by atoms with van der Waals surface area (Å²) in [6.07, 6.45) is 7.83. The van der Waals surface area contributed by atoms with Crippen molar-refractivity contribution in [3.63, 3.8) is 0 Å². The van der Waals surface area contributed by atoms with Crippen molar-refractivity contribution in [3.8, 4) is 0 Å². The Kier molecular flexibility index (Phi) is 6.38. The van der Waals surface area contributed by atoms with Crippen molar-refractivity contribution in [3.05, 3.63) is 89.5 Å². The summed E-state index contributed by atoms with van der Waals surface area (Å²) in [7, 11) is 0. The van der Waals surface area contributed by atoms with Crippen molar-refractivity contribution in [1.29, 1.82) is 0 Å². The fourth-order valence-electron chi connectivity index (χ4n) is 4.08. The molecule has 148 valence electrons. The van der Waals surface area contributed by atoms with E-state index in [2.05, 4.69) is 59.2 Å². The smallest absolute Gasteiger partial charge is 0.243 e. The fraction of sp³-hybridized carbons (Fsp3) is 0.269. The first kappa shape index (κ1) is 19.4. The molecule has 0 radical (unpaired) electrons. The number of unbranched alkanes of at least 4 members (excludes halogenated alkanes) is 1. The third-order valence-corrected chi connectivity index (χ3v) is 5.64. The van der Waals surface area contributed by atoms with Gasteiger partial charge in [0, 0.05) is 18.7 Å². The van der Waals surface area contributed by atoms with Gasteiger partial charge < -0.3 is 10.6 Å². The number of rotatable bonds is 7. The van der Waals surface area contributed by atoms with Gasteiger partial charge in [0.2, 0.25) is 5.91 Å². The summed E-state index contributed by atoms with van der Waals surface area (Å²) >= 11 is 0. The lowest BCUT2D eigenvalue weighted by atomic mass is 9.91. The highest BCUT2D eigenvalue weighted by Gasteiger charge is 2.18. The topological polar surface area (TPSA) is 41.1 Å². The lowest BCUT2D eigenvalue weighted by molar-refractivity contribution is -0.116. The first-order chi connectivity index (χ1) is 14.3. The van der Waals surface area contributed by atoms with Gasteiger partial charge in [-0.2, -0.15) is 0 Å². The lowest BCUT2D eigenvalue weighted by Gasteiger charge is -2.27. The van der Waals surface area contributed by atoms with Gasteiger partial charge in [-0.25, -0.2) is 0 Å². The Morgan fingerprint density at radius 1 is 1.00 bits per heavy atom. The zero-order valence-corrected chi connectivity index (χ0v) is 16.7. The first-order valence-electron chi connectivity index (χ1n) is 10.6. The molecule has 0 aliphatic carbocycles. The van der Waals surface area contributed by atoms with E-state index in [-0.39, 0.29) is 5.91 Å². The quantitative estimate of drug-likeness (QED) is 0.443. The SMILES string of the molecule is O=C(C=Cc1ccc2ccccc2c1)NCCCCC1NCCc2ccccc21. The van der Waals surface area contributed by atoms with Crippen LogP contribution in [0.15, 0.2) is 72.8 Å². The molecule has 4 rings (SSSR count). The first-order valence-corrected chi connectivity index (χ1v) is 10.6. The van der Waals surface area contributed by atoms with Gasteiger partial charge in [0.25, 0.3) is 0 Å². The summed E-state index contributed by atoms with van der Waals surface area (Å²) < 4.78 is 0. The van der Waals surface area contributed by atoms with Crippen LogP contribution in [0.4, 0.5) is 0 Å². The van der Waals surface area contributed by atoms with Crippen LogP contribution in [-0.2, 0) is 11.2 Å². The predicted molar refractivity (Wildman–Crippen MR) is 121 cm³/mol. The van der Waals surface area contributed by atoms with E-state index in [1.54, 1.807) is 6.08 Å². The number of carbonyl (C=O) groups excluding carboxylic acids is 1. The number of hydrogen-bond donors (Lipinski definition) is 2. The molecule has 0 bridgehead atoms. The molecule has 0 saturated carbocycles. The van der Waals surface area contributed by atoms with E-state index in [0.717, 1.165) is 44.3 Å². The molecule has 0 aromatic heterocycles. The van der Waals surface area contributed by atoms with Crippen molar-refractivity contribution >= 4 is 22.8 Å². The van der Waals surface area contributed by atoms with Crippen LogP contribution in [0.5, 0.6) is 0 Å². The molecule has 29 heavy (non-hydrogen) atoms. The van der Waals surface area contributed by atoms with Crippen molar-refractivity contribution in [2.75, 3.05) is 13.1 Å². The highest BCUT2D eigenvalue weighted by atomic mass is 16.1. The molecule has 3 nitrogen and oxygen atoms in total. The van der Waals surface area contributed by atoms with E-state index in [4.69, 9.17) is 0 Å². The Morgan fingerprint density at radius 2 is 1.83 bits per heavy atom. The number of carbonyl (C=O) groups is 1. The minimum atomic E-state index is -0.0284. The van der Waals surface area contributed by atoms with Crippen LogP contribution in [0.1, 0.15) is 42.0 Å². The summed E-state index contributed by atoms with van der Waals surface area (Å²) in [4.78, 5) is 12.1. The van der Waals surface area contributed by atoms with E-state index in [9.17, 15) is 4.79 Å². The van der Waals surface area contributed by atoms with Gasteiger partial charge in [-0.05, 0) is 71.8 Å². The molecule has 1 aliphatic heterocycles. The summed E-state index contributed by atoms with van der Waals surface area (Å²) in [5, 5.41) is 9.03. The van der Waals surface area contributed by atoms with E-state index in [1.165, 1.54) is 21.9 Å². The van der Waals surface area contributed by atoms with E-state index in [1.807, 2.05) is 24.3 Å². The minimum absolute atomic E-state index is 0.0284. The number of hydrogen-bond acceptors (Lipinski definition) is 2. The molecule has 1 aliphatic rings. The molecular weight excluding hydrogens is 356 g/mol. The normalized spacial score (nSPS) is 16.1. The standard InChI is InChI=1S/C26H28N2O/c29-26(15-13-20-12-14-21-7-1-2-9-23(21)19-20)28-17-6-5-11-25-24-10-4-3-8-22(24)16-18-27-25/h1-4,7-10,12-15,19,25,27H,5-6,11,16-18H2,(H,28,29). The monoisotopic (exact) mass is 384 g/mol. The van der Waals surface area contributed by atoms with Crippen LogP contribution in [0.25, 0.3) is 16.8 Å². The van der Waals surface area contributed by atoms with Crippen LogP contribution < -0.4 is 10.6 Å². The van der Waals surface area contributed by atoms with Crippen molar-refractivity contribution in [1.82, 2.24) is 10.6 Å². The van der Waals surface area contributed by atoms with Crippen molar-refractivity contribution < 1.29 is 4.79 Å². The Morgan fingerprint density at radius 3 is 2.76 bits per heavy atom. The second-order valence-corrected chi connectivity index (χ2v) is 7.68. The van der Waals surface area contributed by atoms with Gasteiger partial charge in [0.15, 0.2) is 0 Å². The Hall–Kier alpha value is -2.91. The number of amides is 1. The van der Waals surface area contributed by atoms with Crippen LogP contribution in [0, 0.1) is 0 Å². The summed E-state index contributed by atoms with van der Waals surface area (Å²) in [5.74, 6) is -0.0284. The highest BCUT2D eigenvalue weighted by molar-refractivity contribution is 5.92. The van der Waals surface area contributed by atoms with Crippen molar-refractivity contribution in [2.45, 2.75) is 31.7 Å². The van der Waals surface area contributed by atoms with Gasteiger partial charge in [-0.3, -0.25) is 4.79 Å². The third-order valence-electron chi connectivity index (χ3n) is 5.64. The molecule has 1 unspecified atom stereocenters. The largest absolute Gasteiger partial charge is 0.353 e. The van der Waals surface area contributed by atoms with Gasteiger partial charge >= 0.3 is 0 Å². The van der Waals surface area contributed by atoms with Crippen LogP contribution >= 0.6 is 0 Å². The number of nitrogens with one attached hydrogen (secondary N) is 2. The summed E-state index contributed by atoms with van der Waals surface area (Å²) in [6.45, 7) is 1.77. The summed E-state index contributed by atoms with van der Waals surface area (Å²) in [6, 6.07) is 23.7. The van der Waals surface area contributed by atoms with Gasteiger partial charge in [-0.15, -0.1) is 0 Å². The number of fused-ring (bicyclic) bond motifs is 2. The molecule has 3 aromatic carbocycles. The summed E-state index contributed by atoms with van der Waals surface area (Å²) in [5.41, 5.74) is 3.96. The van der Waals surface area contributed by atoms with Gasteiger partial charge in [0.1, 0.15) is 0 Å². The van der Waals surface area contributed by atoms with E-state index >= 15 is 0 Å². The zero-order chi connectivity index (χ0) is 19.9. The maximum atomic E-state index is 12.1. The lowest BCUT2D eigenvalue weighted by Crippen LogP contribution is -2.30. The maximum absolute atomic E-state index is 12.1. The fourth-order valence-corrected chi connectivity index (χ4v) is 4.08. The van der Waals surface area contributed by atoms with Crippen LogP contribution in [0.2, 0.25) is 0 Å². The Labute approximate surface area is 172 Å². The third kappa shape index (κ3) is 5.12. The van der Waals surface area contributed by atoms with Crippen molar-refractivity contribution in [2.24, 2.45) is 0 Å². The van der Waals surface area contributed by atoms with Gasteiger partial charge in [-0.1, -0.05) is 60.7 Å². The predicted octanol–water partition coefficient (Wildman–Crippen LogP) is 5.03. The molecule has 0 spiro atoms. The molecule has 1 amide bonds. The maximum Gasteiger partial charge on any atom is 0.243 e. The minimum Gasteiger partial charge on any atom is -0.353 e. The molecule has 3 aromatic rings. The second-order valence-electron chi connectivity index (χ2n) is 7.68. The molecular formula is C26H28N2O. The second kappa shape index (κ2) is 9.53. The van der Waals surface area contributed by atoms with E-state index in [0.29, 0.717) is 6.04 Å². The Balaban J connectivity index is 1.20. The molecule has 1 heterocycles. The molecule has 0 fully saturated rings. The van der Waals surface area contributed by atoms with Gasteiger partial charge in [0.05, 0.1) is 0 Å². The zero-order valence-electron chi connectivity index (χ0n) is 16.7. The number of benzene rings is 3. The Bertz CT molecular complexity index is 1010. The van der Waals surface area contributed by atoms with Crippen LogP contribution in [0.3, 0.4) is 0 Å². The van der Waals surface area contributed by atoms with E-state index < -0.39 is 0 Å². The average Bonchev–Trinajstić information content (AvgIpc) is 2.77.